The monoisotopic (exact) mass is 326 g/mol. The molecule has 0 fully saturated rings. The lowest BCUT2D eigenvalue weighted by Gasteiger charge is -2.33. The molecule has 24 heavy (non-hydrogen) atoms. The van der Waals surface area contributed by atoms with Gasteiger partial charge in [0.25, 0.3) is 0 Å². The number of benzene rings is 1. The highest BCUT2D eigenvalue weighted by molar-refractivity contribution is 5.87. The van der Waals surface area contributed by atoms with Crippen LogP contribution in [-0.4, -0.2) is 27.8 Å². The van der Waals surface area contributed by atoms with E-state index in [4.69, 9.17) is 0 Å². The van der Waals surface area contributed by atoms with Crippen molar-refractivity contribution in [1.29, 1.82) is 0 Å². The van der Waals surface area contributed by atoms with Crippen molar-refractivity contribution in [2.45, 2.75) is 51.7 Å². The molecule has 0 unspecified atom stereocenters. The number of fused-ring (bicyclic) bond motifs is 1. The summed E-state index contributed by atoms with van der Waals surface area (Å²) in [6, 6.07) is 12.0. The van der Waals surface area contributed by atoms with Crippen LogP contribution in [0.25, 0.3) is 0 Å². The maximum Gasteiger partial charge on any atom is 0.249 e. The van der Waals surface area contributed by atoms with Crippen LogP contribution < -0.4 is 10.2 Å². The molecule has 5 heteroatoms. The minimum atomic E-state index is -0.376. The van der Waals surface area contributed by atoms with E-state index < -0.39 is 0 Å². The van der Waals surface area contributed by atoms with E-state index in [1.807, 2.05) is 49.7 Å². The summed E-state index contributed by atoms with van der Waals surface area (Å²) in [5.41, 5.74) is 1.74. The predicted molar refractivity (Wildman–Crippen MR) is 96.0 cm³/mol. The van der Waals surface area contributed by atoms with Gasteiger partial charge < -0.3 is 10.2 Å². The Balaban J connectivity index is 2.05. The van der Waals surface area contributed by atoms with E-state index >= 15 is 0 Å². The Labute approximate surface area is 143 Å². The SMILES string of the molecule is C[C@@H]1CCN(c2ccccc2)[C@@H](C(=O)NC(C)(C)C)c2ccnn21. The molecule has 2 aromatic rings. The van der Waals surface area contributed by atoms with Gasteiger partial charge in [-0.1, -0.05) is 18.2 Å². The highest BCUT2D eigenvalue weighted by atomic mass is 16.2. The second-order valence-electron chi connectivity index (χ2n) is 7.51. The maximum absolute atomic E-state index is 13.1. The molecule has 0 aliphatic carbocycles. The molecule has 0 radical (unpaired) electrons. The molecule has 1 aromatic carbocycles. The first-order valence-corrected chi connectivity index (χ1v) is 8.54. The Morgan fingerprint density at radius 1 is 1.21 bits per heavy atom. The number of anilines is 1. The smallest absolute Gasteiger partial charge is 0.249 e. The number of carbonyl (C=O) groups is 1. The lowest BCUT2D eigenvalue weighted by atomic mass is 10.1. The molecule has 3 rings (SSSR count). The Bertz CT molecular complexity index is 702. The minimum Gasteiger partial charge on any atom is -0.355 e. The third-order valence-electron chi connectivity index (χ3n) is 4.33. The zero-order valence-corrected chi connectivity index (χ0v) is 14.9. The fourth-order valence-corrected chi connectivity index (χ4v) is 3.26. The van der Waals surface area contributed by atoms with E-state index in [-0.39, 0.29) is 23.5 Å². The Morgan fingerprint density at radius 2 is 1.92 bits per heavy atom. The maximum atomic E-state index is 13.1. The highest BCUT2D eigenvalue weighted by Gasteiger charge is 2.35. The number of hydrogen-bond acceptors (Lipinski definition) is 3. The van der Waals surface area contributed by atoms with Crippen LogP contribution in [0.2, 0.25) is 0 Å². The van der Waals surface area contributed by atoms with Gasteiger partial charge in [-0.15, -0.1) is 0 Å². The first-order valence-electron chi connectivity index (χ1n) is 8.54. The molecule has 0 spiro atoms. The number of rotatable bonds is 2. The molecular weight excluding hydrogens is 300 g/mol. The number of nitrogens with one attached hydrogen (secondary N) is 1. The molecule has 0 saturated heterocycles. The molecule has 1 aliphatic rings. The van der Waals surface area contributed by atoms with E-state index in [2.05, 4.69) is 34.4 Å². The largest absolute Gasteiger partial charge is 0.355 e. The van der Waals surface area contributed by atoms with E-state index in [1.165, 1.54) is 0 Å². The van der Waals surface area contributed by atoms with Crippen LogP contribution in [0.15, 0.2) is 42.6 Å². The van der Waals surface area contributed by atoms with Crippen molar-refractivity contribution in [3.8, 4) is 0 Å². The van der Waals surface area contributed by atoms with Crippen molar-refractivity contribution in [3.63, 3.8) is 0 Å². The van der Waals surface area contributed by atoms with Gasteiger partial charge in [0.1, 0.15) is 0 Å². The van der Waals surface area contributed by atoms with Crippen molar-refractivity contribution in [2.24, 2.45) is 0 Å². The summed E-state index contributed by atoms with van der Waals surface area (Å²) >= 11 is 0. The van der Waals surface area contributed by atoms with E-state index in [0.717, 1.165) is 24.3 Å². The molecule has 2 heterocycles. The number of amides is 1. The van der Waals surface area contributed by atoms with Gasteiger partial charge >= 0.3 is 0 Å². The molecular formula is C19H26N4O. The first-order chi connectivity index (χ1) is 11.4. The van der Waals surface area contributed by atoms with Crippen molar-refractivity contribution < 1.29 is 4.79 Å². The summed E-state index contributed by atoms with van der Waals surface area (Å²) in [7, 11) is 0. The summed E-state index contributed by atoms with van der Waals surface area (Å²) in [5, 5.41) is 7.61. The summed E-state index contributed by atoms with van der Waals surface area (Å²) < 4.78 is 2.00. The van der Waals surface area contributed by atoms with E-state index in [9.17, 15) is 4.79 Å². The highest BCUT2D eigenvalue weighted by Crippen LogP contribution is 2.33. The average molecular weight is 326 g/mol. The van der Waals surface area contributed by atoms with Gasteiger partial charge in [-0.25, -0.2) is 0 Å². The second-order valence-corrected chi connectivity index (χ2v) is 7.51. The third-order valence-corrected chi connectivity index (χ3v) is 4.33. The van der Waals surface area contributed by atoms with Gasteiger partial charge in [-0.3, -0.25) is 9.48 Å². The van der Waals surface area contributed by atoms with Crippen LogP contribution in [0.1, 0.15) is 51.9 Å². The van der Waals surface area contributed by atoms with Crippen molar-refractivity contribution in [2.75, 3.05) is 11.4 Å². The number of para-hydroxylation sites is 1. The zero-order chi connectivity index (χ0) is 17.3. The first kappa shape index (κ1) is 16.6. The van der Waals surface area contributed by atoms with Gasteiger partial charge in [0.2, 0.25) is 5.91 Å². The molecule has 0 bridgehead atoms. The van der Waals surface area contributed by atoms with Gasteiger partial charge in [0.15, 0.2) is 6.04 Å². The fourth-order valence-electron chi connectivity index (χ4n) is 3.26. The molecule has 2 atom stereocenters. The van der Waals surface area contributed by atoms with Crippen molar-refractivity contribution in [3.05, 3.63) is 48.3 Å². The summed E-state index contributed by atoms with van der Waals surface area (Å²) in [6.45, 7) is 9.00. The van der Waals surface area contributed by atoms with E-state index in [0.29, 0.717) is 0 Å². The normalized spacial score (nSPS) is 21.1. The topological polar surface area (TPSA) is 50.2 Å². The Kier molecular flexibility index (Phi) is 4.35. The number of nitrogens with zero attached hydrogens (tertiary/aromatic N) is 3. The number of aromatic nitrogens is 2. The van der Waals surface area contributed by atoms with Gasteiger partial charge in [0, 0.05) is 24.0 Å². The van der Waals surface area contributed by atoms with Crippen LogP contribution in [0.3, 0.4) is 0 Å². The molecule has 1 aliphatic heterocycles. The number of hydrogen-bond donors (Lipinski definition) is 1. The lowest BCUT2D eigenvalue weighted by Crippen LogP contribution is -2.48. The van der Waals surface area contributed by atoms with Crippen molar-refractivity contribution in [1.82, 2.24) is 15.1 Å². The fraction of sp³-hybridized carbons (Fsp3) is 0.474. The quantitative estimate of drug-likeness (QED) is 0.921. The van der Waals surface area contributed by atoms with Crippen LogP contribution >= 0.6 is 0 Å². The standard InChI is InChI=1S/C19H26N4O/c1-14-11-13-22(15-8-6-5-7-9-15)17(16-10-12-20-23(14)16)18(24)21-19(2,3)4/h5-10,12,14,17H,11,13H2,1-4H3,(H,21,24)/t14-,17-/m1/s1. The molecule has 1 N–H and O–H groups in total. The lowest BCUT2D eigenvalue weighted by molar-refractivity contribution is -0.124. The van der Waals surface area contributed by atoms with Crippen molar-refractivity contribution >= 4 is 11.6 Å². The Morgan fingerprint density at radius 3 is 2.58 bits per heavy atom. The van der Waals surface area contributed by atoms with Gasteiger partial charge in [-0.05, 0) is 52.3 Å². The average Bonchev–Trinajstić information content (AvgIpc) is 2.94. The molecule has 0 saturated carbocycles. The van der Waals surface area contributed by atoms with Gasteiger partial charge in [0.05, 0.1) is 11.7 Å². The molecule has 1 amide bonds. The minimum absolute atomic E-state index is 0.0159. The summed E-state index contributed by atoms with van der Waals surface area (Å²) in [6.07, 6.45) is 2.74. The Hall–Kier alpha value is -2.30. The summed E-state index contributed by atoms with van der Waals surface area (Å²) in [4.78, 5) is 15.3. The molecule has 5 nitrogen and oxygen atoms in total. The zero-order valence-electron chi connectivity index (χ0n) is 14.9. The van der Waals surface area contributed by atoms with E-state index in [1.54, 1.807) is 6.20 Å². The predicted octanol–water partition coefficient (Wildman–Crippen LogP) is 3.31. The second kappa shape index (κ2) is 6.30. The van der Waals surface area contributed by atoms with Crippen LogP contribution in [0.5, 0.6) is 0 Å². The van der Waals surface area contributed by atoms with Gasteiger partial charge in [-0.2, -0.15) is 5.10 Å². The summed E-state index contributed by atoms with van der Waals surface area (Å²) in [5.74, 6) is 0.0159. The molecule has 1 aromatic heterocycles. The van der Waals surface area contributed by atoms with Crippen LogP contribution in [0, 0.1) is 0 Å². The number of carbonyl (C=O) groups excluding carboxylic acids is 1. The van der Waals surface area contributed by atoms with Crippen LogP contribution in [-0.2, 0) is 4.79 Å². The molecule has 128 valence electrons. The van der Waals surface area contributed by atoms with Crippen LogP contribution in [0.4, 0.5) is 5.69 Å². The third kappa shape index (κ3) is 3.30.